The number of nitrogens with two attached hydrogens (primary N) is 1. The molecule has 1 heterocycles. The monoisotopic (exact) mass is 409 g/mol. The van der Waals surface area contributed by atoms with Crippen LogP contribution in [-0.4, -0.2) is 9.78 Å². The molecule has 0 aliphatic heterocycles. The molecule has 0 fully saturated rings. The van der Waals surface area contributed by atoms with E-state index in [0.717, 1.165) is 10.2 Å². The molecule has 3 aromatic rings. The highest BCUT2D eigenvalue weighted by atomic mass is 79.9. The molecule has 0 spiro atoms. The molecular weight excluding hydrogens is 401 g/mol. The van der Waals surface area contributed by atoms with Crippen LogP contribution in [0.4, 0.5) is 10.1 Å². The van der Waals surface area contributed by atoms with Crippen molar-refractivity contribution in [2.45, 2.75) is 0 Å². The third kappa shape index (κ3) is 2.87. The van der Waals surface area contributed by atoms with E-state index in [2.05, 4.69) is 37.0 Å². The summed E-state index contributed by atoms with van der Waals surface area (Å²) in [7, 11) is 0. The predicted molar refractivity (Wildman–Crippen MR) is 88.8 cm³/mol. The lowest BCUT2D eigenvalue weighted by molar-refractivity contribution is 0.629. The minimum Gasteiger partial charge on any atom is -0.396 e. The quantitative estimate of drug-likeness (QED) is 0.660. The van der Waals surface area contributed by atoms with Crippen LogP contribution in [0.1, 0.15) is 0 Å². The molecule has 6 heteroatoms. The molecule has 21 heavy (non-hydrogen) atoms. The summed E-state index contributed by atoms with van der Waals surface area (Å²) >= 11 is 6.62. The van der Waals surface area contributed by atoms with Gasteiger partial charge in [-0.25, -0.2) is 9.07 Å². The summed E-state index contributed by atoms with van der Waals surface area (Å²) < 4.78 is 17.3. The highest BCUT2D eigenvalue weighted by Gasteiger charge is 2.14. The van der Waals surface area contributed by atoms with Crippen molar-refractivity contribution in [1.82, 2.24) is 9.78 Å². The number of hydrogen-bond acceptors (Lipinski definition) is 2. The maximum absolute atomic E-state index is 14.0. The first kappa shape index (κ1) is 14.3. The third-order valence-corrected chi connectivity index (χ3v) is 4.04. The van der Waals surface area contributed by atoms with Crippen LogP contribution >= 0.6 is 31.9 Å². The van der Waals surface area contributed by atoms with Gasteiger partial charge < -0.3 is 5.73 Å². The fourth-order valence-corrected chi connectivity index (χ4v) is 2.60. The van der Waals surface area contributed by atoms with Crippen molar-refractivity contribution in [1.29, 1.82) is 0 Å². The summed E-state index contributed by atoms with van der Waals surface area (Å²) in [5.41, 5.74) is 8.08. The minimum absolute atomic E-state index is 0.364. The second kappa shape index (κ2) is 5.61. The van der Waals surface area contributed by atoms with Crippen LogP contribution in [0.15, 0.2) is 57.6 Å². The van der Waals surface area contributed by atoms with Gasteiger partial charge in [0.25, 0.3) is 0 Å². The number of nitrogens with zero attached hydrogens (tertiary/aromatic N) is 2. The highest BCUT2D eigenvalue weighted by Crippen LogP contribution is 2.29. The molecule has 0 bridgehead atoms. The summed E-state index contributed by atoms with van der Waals surface area (Å²) in [5, 5.41) is 4.39. The van der Waals surface area contributed by atoms with Gasteiger partial charge in [-0.05, 0) is 42.5 Å². The Bertz CT molecular complexity index is 797. The zero-order chi connectivity index (χ0) is 15.0. The summed E-state index contributed by atoms with van der Waals surface area (Å²) in [6, 6.07) is 12.4. The first-order chi connectivity index (χ1) is 10.0. The summed E-state index contributed by atoms with van der Waals surface area (Å²) in [6.45, 7) is 0. The molecule has 0 saturated heterocycles. The molecular formula is C15H10Br2FN3. The molecule has 0 unspecified atom stereocenters. The van der Waals surface area contributed by atoms with Gasteiger partial charge in [0.2, 0.25) is 0 Å². The van der Waals surface area contributed by atoms with Crippen molar-refractivity contribution in [2.24, 2.45) is 0 Å². The zero-order valence-electron chi connectivity index (χ0n) is 10.7. The van der Waals surface area contributed by atoms with Gasteiger partial charge >= 0.3 is 0 Å². The van der Waals surface area contributed by atoms with E-state index in [1.807, 2.05) is 24.3 Å². The van der Waals surface area contributed by atoms with Gasteiger partial charge in [0.05, 0.1) is 17.6 Å². The SMILES string of the molecule is Nc1cn(-c2ccc(Br)cc2)nc1-c1ccc(Br)cc1F. The fraction of sp³-hybridized carbons (Fsp3) is 0. The number of benzene rings is 2. The number of nitrogen functional groups attached to an aromatic ring is 1. The highest BCUT2D eigenvalue weighted by molar-refractivity contribution is 9.10. The molecule has 1 aromatic heterocycles. The molecule has 0 aliphatic rings. The van der Waals surface area contributed by atoms with Gasteiger partial charge in [-0.1, -0.05) is 31.9 Å². The van der Waals surface area contributed by atoms with E-state index in [1.54, 1.807) is 23.0 Å². The Hall–Kier alpha value is -1.66. The fourth-order valence-electron chi connectivity index (χ4n) is 2.00. The first-order valence-corrected chi connectivity index (χ1v) is 7.70. The van der Waals surface area contributed by atoms with Crippen LogP contribution in [0.3, 0.4) is 0 Å². The van der Waals surface area contributed by atoms with Gasteiger partial charge in [0, 0.05) is 14.5 Å². The molecule has 3 rings (SSSR count). The standard InChI is InChI=1S/C15H10Br2FN3/c16-9-1-4-11(5-2-9)21-8-14(19)15(20-21)12-6-3-10(17)7-13(12)18/h1-8H,19H2. The lowest BCUT2D eigenvalue weighted by Crippen LogP contribution is -1.95. The van der Waals surface area contributed by atoms with Crippen LogP contribution in [0.25, 0.3) is 16.9 Å². The Labute approximate surface area is 137 Å². The zero-order valence-corrected chi connectivity index (χ0v) is 13.9. The van der Waals surface area contributed by atoms with E-state index < -0.39 is 0 Å². The summed E-state index contributed by atoms with van der Waals surface area (Å²) in [4.78, 5) is 0. The van der Waals surface area contributed by atoms with Gasteiger partial charge in [-0.15, -0.1) is 0 Å². The Morgan fingerprint density at radius 2 is 1.67 bits per heavy atom. The predicted octanol–water partition coefficient (Wildman–Crippen LogP) is 4.79. The van der Waals surface area contributed by atoms with Crippen molar-refractivity contribution in [3.05, 3.63) is 63.4 Å². The Balaban J connectivity index is 2.07. The Morgan fingerprint density at radius 1 is 1.00 bits per heavy atom. The Kier molecular flexibility index (Phi) is 3.82. The molecule has 0 saturated carbocycles. The lowest BCUT2D eigenvalue weighted by atomic mass is 10.1. The van der Waals surface area contributed by atoms with Crippen LogP contribution < -0.4 is 5.73 Å². The third-order valence-electron chi connectivity index (χ3n) is 3.02. The smallest absolute Gasteiger partial charge is 0.133 e. The molecule has 2 N–H and O–H groups in total. The second-order valence-corrected chi connectivity index (χ2v) is 6.31. The summed E-state index contributed by atoms with van der Waals surface area (Å²) in [6.07, 6.45) is 1.68. The van der Waals surface area contributed by atoms with E-state index >= 15 is 0 Å². The normalized spacial score (nSPS) is 10.8. The maximum Gasteiger partial charge on any atom is 0.133 e. The van der Waals surface area contributed by atoms with Crippen molar-refractivity contribution >= 4 is 37.5 Å². The van der Waals surface area contributed by atoms with Crippen LogP contribution in [0.5, 0.6) is 0 Å². The van der Waals surface area contributed by atoms with E-state index in [1.165, 1.54) is 6.07 Å². The van der Waals surface area contributed by atoms with Crippen LogP contribution in [-0.2, 0) is 0 Å². The van der Waals surface area contributed by atoms with E-state index in [4.69, 9.17) is 5.73 Å². The average Bonchev–Trinajstić information content (AvgIpc) is 2.81. The van der Waals surface area contributed by atoms with E-state index in [0.29, 0.717) is 21.4 Å². The largest absolute Gasteiger partial charge is 0.396 e. The van der Waals surface area contributed by atoms with Crippen molar-refractivity contribution < 1.29 is 4.39 Å². The maximum atomic E-state index is 14.0. The molecule has 106 valence electrons. The molecule has 0 aliphatic carbocycles. The van der Waals surface area contributed by atoms with Crippen molar-refractivity contribution in [2.75, 3.05) is 5.73 Å². The number of rotatable bonds is 2. The number of halogens is 3. The molecule has 0 radical (unpaired) electrons. The molecule has 2 aromatic carbocycles. The van der Waals surface area contributed by atoms with Crippen LogP contribution in [0, 0.1) is 5.82 Å². The second-order valence-electron chi connectivity index (χ2n) is 4.48. The van der Waals surface area contributed by atoms with E-state index in [9.17, 15) is 4.39 Å². The van der Waals surface area contributed by atoms with Crippen molar-refractivity contribution in [3.8, 4) is 16.9 Å². The van der Waals surface area contributed by atoms with Crippen molar-refractivity contribution in [3.63, 3.8) is 0 Å². The van der Waals surface area contributed by atoms with Crippen LogP contribution in [0.2, 0.25) is 0 Å². The molecule has 3 nitrogen and oxygen atoms in total. The minimum atomic E-state index is -0.364. The van der Waals surface area contributed by atoms with Gasteiger partial charge in [0.1, 0.15) is 11.5 Å². The van der Waals surface area contributed by atoms with Gasteiger partial charge in [-0.3, -0.25) is 0 Å². The average molecular weight is 411 g/mol. The number of aromatic nitrogens is 2. The lowest BCUT2D eigenvalue weighted by Gasteiger charge is -2.02. The molecule has 0 amide bonds. The number of hydrogen-bond donors (Lipinski definition) is 1. The Morgan fingerprint density at radius 3 is 2.33 bits per heavy atom. The van der Waals surface area contributed by atoms with Gasteiger partial charge in [0.15, 0.2) is 0 Å². The van der Waals surface area contributed by atoms with Gasteiger partial charge in [-0.2, -0.15) is 5.10 Å². The molecule has 0 atom stereocenters. The first-order valence-electron chi connectivity index (χ1n) is 6.11. The number of anilines is 1. The summed E-state index contributed by atoms with van der Waals surface area (Å²) in [5.74, 6) is -0.364. The topological polar surface area (TPSA) is 43.8 Å². The van der Waals surface area contributed by atoms with E-state index in [-0.39, 0.29) is 5.82 Å².